The zero-order chi connectivity index (χ0) is 13.2. The van der Waals surface area contributed by atoms with Crippen molar-refractivity contribution in [3.8, 4) is 0 Å². The van der Waals surface area contributed by atoms with E-state index in [1.165, 1.54) is 19.3 Å². The Morgan fingerprint density at radius 1 is 1.17 bits per heavy atom. The zero-order valence-electron chi connectivity index (χ0n) is 11.5. The molecule has 2 rings (SSSR count). The molecule has 0 aromatic carbocycles. The van der Waals surface area contributed by atoms with Crippen LogP contribution in [-0.2, 0) is 0 Å². The largest absolute Gasteiger partial charge is 0.341 e. The lowest BCUT2D eigenvalue weighted by atomic mass is 9.77. The van der Waals surface area contributed by atoms with Gasteiger partial charge in [-0.25, -0.2) is 9.97 Å². The number of rotatable bonds is 1. The Labute approximate surface area is 118 Å². The molecule has 3 nitrogen and oxygen atoms in total. The summed E-state index contributed by atoms with van der Waals surface area (Å²) in [4.78, 5) is 11.1. The van der Waals surface area contributed by atoms with Crippen molar-refractivity contribution in [2.24, 2.45) is 11.3 Å². The highest BCUT2D eigenvalue weighted by Crippen LogP contribution is 2.34. The molecule has 2 heterocycles. The van der Waals surface area contributed by atoms with Gasteiger partial charge in [0.05, 0.1) is 4.47 Å². The lowest BCUT2D eigenvalue weighted by molar-refractivity contribution is 0.220. The Kier molecular flexibility index (Phi) is 4.25. The van der Waals surface area contributed by atoms with Crippen LogP contribution >= 0.6 is 15.9 Å². The summed E-state index contributed by atoms with van der Waals surface area (Å²) < 4.78 is 0.939. The monoisotopic (exact) mass is 311 g/mol. The fourth-order valence-electron chi connectivity index (χ4n) is 2.63. The van der Waals surface area contributed by atoms with Crippen LogP contribution in [0.5, 0.6) is 0 Å². The third-order valence-electron chi connectivity index (χ3n) is 3.84. The first-order chi connectivity index (χ1) is 8.47. The molecule has 1 fully saturated rings. The second-order valence-corrected chi connectivity index (χ2v) is 7.10. The van der Waals surface area contributed by atoms with Gasteiger partial charge in [0.1, 0.15) is 0 Å². The average Bonchev–Trinajstić information content (AvgIpc) is 2.55. The van der Waals surface area contributed by atoms with Gasteiger partial charge in [-0.1, -0.05) is 20.8 Å². The van der Waals surface area contributed by atoms with E-state index in [0.29, 0.717) is 5.41 Å². The maximum absolute atomic E-state index is 4.40. The van der Waals surface area contributed by atoms with Crippen LogP contribution in [0.25, 0.3) is 0 Å². The van der Waals surface area contributed by atoms with E-state index < -0.39 is 0 Å². The van der Waals surface area contributed by atoms with Crippen molar-refractivity contribution in [2.75, 3.05) is 18.0 Å². The van der Waals surface area contributed by atoms with Crippen LogP contribution in [0.2, 0.25) is 0 Å². The first-order valence-corrected chi connectivity index (χ1v) is 7.48. The predicted octanol–water partition coefficient (Wildman–Crippen LogP) is 3.89. The second kappa shape index (κ2) is 5.55. The molecule has 0 amide bonds. The summed E-state index contributed by atoms with van der Waals surface area (Å²) in [5.41, 5.74) is 0.413. The summed E-state index contributed by atoms with van der Waals surface area (Å²) in [7, 11) is 0. The molecule has 1 aliphatic heterocycles. The van der Waals surface area contributed by atoms with Crippen molar-refractivity contribution >= 4 is 21.9 Å². The van der Waals surface area contributed by atoms with E-state index >= 15 is 0 Å². The van der Waals surface area contributed by atoms with Crippen molar-refractivity contribution < 1.29 is 0 Å². The predicted molar refractivity (Wildman–Crippen MR) is 78.7 cm³/mol. The number of anilines is 1. The molecule has 0 N–H and O–H groups in total. The smallest absolute Gasteiger partial charge is 0.225 e. The van der Waals surface area contributed by atoms with Gasteiger partial charge in [-0.2, -0.15) is 0 Å². The van der Waals surface area contributed by atoms with Crippen LogP contribution in [0.1, 0.15) is 40.0 Å². The molecule has 1 unspecified atom stereocenters. The van der Waals surface area contributed by atoms with Crippen LogP contribution in [0.4, 0.5) is 5.95 Å². The summed E-state index contributed by atoms with van der Waals surface area (Å²) in [6.45, 7) is 9.20. The number of nitrogens with zero attached hydrogens (tertiary/aromatic N) is 3. The minimum absolute atomic E-state index is 0.413. The van der Waals surface area contributed by atoms with E-state index in [2.05, 4.69) is 51.6 Å². The van der Waals surface area contributed by atoms with Crippen molar-refractivity contribution in [3.63, 3.8) is 0 Å². The van der Waals surface area contributed by atoms with Crippen LogP contribution in [0.3, 0.4) is 0 Å². The van der Waals surface area contributed by atoms with Crippen LogP contribution in [-0.4, -0.2) is 23.1 Å². The van der Waals surface area contributed by atoms with E-state index in [9.17, 15) is 0 Å². The number of hydrogen-bond acceptors (Lipinski definition) is 3. The van der Waals surface area contributed by atoms with Crippen LogP contribution in [0.15, 0.2) is 16.9 Å². The lowest BCUT2D eigenvalue weighted by Crippen LogP contribution is -2.27. The molecule has 1 aromatic heterocycles. The van der Waals surface area contributed by atoms with Crippen molar-refractivity contribution in [1.29, 1.82) is 0 Å². The fraction of sp³-hybridized carbons (Fsp3) is 0.714. The molecule has 0 bridgehead atoms. The van der Waals surface area contributed by atoms with Gasteiger partial charge in [-0.15, -0.1) is 0 Å². The molecule has 0 aliphatic carbocycles. The lowest BCUT2D eigenvalue weighted by Gasteiger charge is -2.29. The first-order valence-electron chi connectivity index (χ1n) is 6.69. The van der Waals surface area contributed by atoms with E-state index in [4.69, 9.17) is 0 Å². The standard InChI is InChI=1S/C14H22BrN3/c1-14(2,3)11-5-4-7-18(8-6-11)13-16-9-12(15)10-17-13/h9-11H,4-8H2,1-3H3. The van der Waals surface area contributed by atoms with Gasteiger partial charge in [0.2, 0.25) is 5.95 Å². The molecule has 0 radical (unpaired) electrons. The maximum Gasteiger partial charge on any atom is 0.225 e. The van der Waals surface area contributed by atoms with Crippen molar-refractivity contribution in [2.45, 2.75) is 40.0 Å². The summed E-state index contributed by atoms with van der Waals surface area (Å²) in [5, 5.41) is 0. The van der Waals surface area contributed by atoms with E-state index in [0.717, 1.165) is 29.4 Å². The summed E-state index contributed by atoms with van der Waals surface area (Å²) in [6.07, 6.45) is 7.45. The Morgan fingerprint density at radius 2 is 1.83 bits per heavy atom. The van der Waals surface area contributed by atoms with E-state index in [1.54, 1.807) is 0 Å². The Balaban J connectivity index is 2.03. The number of halogens is 1. The topological polar surface area (TPSA) is 29.0 Å². The molecule has 1 aromatic rings. The molecule has 18 heavy (non-hydrogen) atoms. The van der Waals surface area contributed by atoms with Gasteiger partial charge >= 0.3 is 0 Å². The molecule has 4 heteroatoms. The molecule has 0 spiro atoms. The molecule has 100 valence electrons. The van der Waals surface area contributed by atoms with Gasteiger partial charge in [-0.3, -0.25) is 0 Å². The maximum atomic E-state index is 4.40. The first kappa shape index (κ1) is 13.8. The molecule has 0 saturated carbocycles. The highest BCUT2D eigenvalue weighted by Gasteiger charge is 2.27. The summed E-state index contributed by atoms with van der Waals surface area (Å²) >= 11 is 3.38. The zero-order valence-corrected chi connectivity index (χ0v) is 13.1. The third kappa shape index (κ3) is 3.44. The summed E-state index contributed by atoms with van der Waals surface area (Å²) in [5.74, 6) is 1.67. The molecular formula is C14H22BrN3. The van der Waals surface area contributed by atoms with Crippen molar-refractivity contribution in [1.82, 2.24) is 9.97 Å². The van der Waals surface area contributed by atoms with Crippen LogP contribution in [0, 0.1) is 11.3 Å². The normalized spacial score (nSPS) is 21.8. The number of aromatic nitrogens is 2. The second-order valence-electron chi connectivity index (χ2n) is 6.18. The Hall–Kier alpha value is -0.640. The van der Waals surface area contributed by atoms with Crippen LogP contribution < -0.4 is 4.90 Å². The minimum atomic E-state index is 0.413. The van der Waals surface area contributed by atoms with Crippen molar-refractivity contribution in [3.05, 3.63) is 16.9 Å². The van der Waals surface area contributed by atoms with Gasteiger partial charge in [0.25, 0.3) is 0 Å². The number of hydrogen-bond donors (Lipinski definition) is 0. The van der Waals surface area contributed by atoms with Gasteiger partial charge < -0.3 is 4.90 Å². The van der Waals surface area contributed by atoms with E-state index in [1.807, 2.05) is 12.4 Å². The Morgan fingerprint density at radius 3 is 2.44 bits per heavy atom. The summed E-state index contributed by atoms with van der Waals surface area (Å²) in [6, 6.07) is 0. The third-order valence-corrected chi connectivity index (χ3v) is 4.25. The Bertz CT molecular complexity index is 383. The highest BCUT2D eigenvalue weighted by molar-refractivity contribution is 9.10. The average molecular weight is 312 g/mol. The van der Waals surface area contributed by atoms with Gasteiger partial charge in [-0.05, 0) is 46.5 Å². The SMILES string of the molecule is CC(C)(C)C1CCCN(c2ncc(Br)cn2)CC1. The van der Waals surface area contributed by atoms with Gasteiger partial charge in [0.15, 0.2) is 0 Å². The minimum Gasteiger partial charge on any atom is -0.341 e. The molecular weight excluding hydrogens is 290 g/mol. The fourth-order valence-corrected chi connectivity index (χ4v) is 2.84. The quantitative estimate of drug-likeness (QED) is 0.788. The van der Waals surface area contributed by atoms with Gasteiger partial charge in [0, 0.05) is 25.5 Å². The highest BCUT2D eigenvalue weighted by atomic mass is 79.9. The molecule has 1 atom stereocenters. The van der Waals surface area contributed by atoms with E-state index in [-0.39, 0.29) is 0 Å². The molecule has 1 aliphatic rings. The molecule has 1 saturated heterocycles.